The fourth-order valence-corrected chi connectivity index (χ4v) is 2.22. The summed E-state index contributed by atoms with van der Waals surface area (Å²) in [5, 5.41) is 2.70. The lowest BCUT2D eigenvalue weighted by Gasteiger charge is -2.11. The lowest BCUT2D eigenvalue weighted by Crippen LogP contribution is -2.31. The predicted octanol–water partition coefficient (Wildman–Crippen LogP) is 2.82. The quantitative estimate of drug-likeness (QED) is 0.641. The minimum Gasteiger partial charge on any atom is -0.399 e. The molecule has 0 saturated heterocycles. The van der Waals surface area contributed by atoms with Crippen molar-refractivity contribution in [1.29, 1.82) is 0 Å². The first kappa shape index (κ1) is 14.8. The summed E-state index contributed by atoms with van der Waals surface area (Å²) in [6, 6.07) is 4.35. The van der Waals surface area contributed by atoms with Crippen LogP contribution in [-0.4, -0.2) is 17.7 Å². The van der Waals surface area contributed by atoms with Crippen molar-refractivity contribution >= 4 is 23.4 Å². The minimum atomic E-state index is -2.59. The van der Waals surface area contributed by atoms with E-state index in [0.717, 1.165) is 11.8 Å². The number of hydrogen-bond acceptors (Lipinski definition) is 3. The van der Waals surface area contributed by atoms with Crippen LogP contribution in [0.15, 0.2) is 23.1 Å². The lowest BCUT2D eigenvalue weighted by molar-refractivity contribution is -0.119. The van der Waals surface area contributed by atoms with Crippen molar-refractivity contribution in [2.75, 3.05) is 11.5 Å². The fourth-order valence-electron chi connectivity index (χ4n) is 1.38. The monoisotopic (exact) mass is 274 g/mol. The summed E-state index contributed by atoms with van der Waals surface area (Å²) in [5.74, 6) is -0.0611. The number of carbonyl (C=O) groups is 1. The van der Waals surface area contributed by atoms with Gasteiger partial charge in [0.15, 0.2) is 0 Å². The highest BCUT2D eigenvalue weighted by atomic mass is 32.2. The summed E-state index contributed by atoms with van der Waals surface area (Å²) in [4.78, 5) is 11.8. The second-order valence-electron chi connectivity index (χ2n) is 4.11. The van der Waals surface area contributed by atoms with E-state index in [-0.39, 0.29) is 23.3 Å². The molecule has 0 atom stereocenters. The molecule has 3 nitrogen and oxygen atoms in total. The number of halogens is 2. The third kappa shape index (κ3) is 4.52. The van der Waals surface area contributed by atoms with Crippen LogP contribution in [0.5, 0.6) is 0 Å². The molecule has 18 heavy (non-hydrogen) atoms. The Morgan fingerprint density at radius 2 is 2.11 bits per heavy atom. The number of rotatable bonds is 5. The molecule has 0 bridgehead atoms. The first-order chi connectivity index (χ1) is 8.40. The number of thioether (sulfide) groups is 1. The molecule has 1 amide bonds. The van der Waals surface area contributed by atoms with Crippen molar-refractivity contribution in [3.63, 3.8) is 0 Å². The summed E-state index contributed by atoms with van der Waals surface area (Å²) < 4.78 is 25.5. The van der Waals surface area contributed by atoms with Gasteiger partial charge in [0.1, 0.15) is 0 Å². The van der Waals surface area contributed by atoms with Crippen molar-refractivity contribution in [3.8, 4) is 0 Å². The molecule has 0 aliphatic carbocycles. The maximum Gasteiger partial charge on any atom is 0.265 e. The molecule has 0 unspecified atom stereocenters. The van der Waals surface area contributed by atoms with Crippen LogP contribution in [0, 0.1) is 0 Å². The van der Waals surface area contributed by atoms with Gasteiger partial charge in [0, 0.05) is 22.2 Å². The van der Waals surface area contributed by atoms with Gasteiger partial charge in [-0.15, -0.1) is 11.8 Å². The van der Waals surface area contributed by atoms with Crippen molar-refractivity contribution in [3.05, 3.63) is 23.8 Å². The SMILES string of the molecule is CC(C)NC(=O)CSc1ccc(N)cc1C(F)F. The smallest absolute Gasteiger partial charge is 0.265 e. The number of nitrogens with one attached hydrogen (secondary N) is 1. The number of alkyl halides is 2. The fraction of sp³-hybridized carbons (Fsp3) is 0.417. The topological polar surface area (TPSA) is 55.1 Å². The highest BCUT2D eigenvalue weighted by Gasteiger charge is 2.15. The van der Waals surface area contributed by atoms with Gasteiger partial charge in [0.2, 0.25) is 5.91 Å². The Balaban J connectivity index is 2.70. The molecule has 3 N–H and O–H groups in total. The molecular weight excluding hydrogens is 258 g/mol. The van der Waals surface area contributed by atoms with Gasteiger partial charge in [-0.3, -0.25) is 4.79 Å². The highest BCUT2D eigenvalue weighted by Crippen LogP contribution is 2.31. The second-order valence-corrected chi connectivity index (χ2v) is 5.13. The molecule has 100 valence electrons. The summed E-state index contributed by atoms with van der Waals surface area (Å²) >= 11 is 1.09. The number of nitrogen functional groups attached to an aromatic ring is 1. The van der Waals surface area contributed by atoms with Crippen LogP contribution in [0.1, 0.15) is 25.8 Å². The zero-order valence-electron chi connectivity index (χ0n) is 10.2. The molecule has 0 aliphatic rings. The van der Waals surface area contributed by atoms with Crippen LogP contribution in [0.25, 0.3) is 0 Å². The molecule has 0 heterocycles. The highest BCUT2D eigenvalue weighted by molar-refractivity contribution is 8.00. The van der Waals surface area contributed by atoms with Gasteiger partial charge in [-0.05, 0) is 32.0 Å². The Morgan fingerprint density at radius 1 is 1.44 bits per heavy atom. The van der Waals surface area contributed by atoms with E-state index in [9.17, 15) is 13.6 Å². The van der Waals surface area contributed by atoms with Gasteiger partial charge < -0.3 is 11.1 Å². The van der Waals surface area contributed by atoms with Crippen LogP contribution < -0.4 is 11.1 Å². The first-order valence-electron chi connectivity index (χ1n) is 5.50. The van der Waals surface area contributed by atoms with E-state index in [2.05, 4.69) is 5.32 Å². The van der Waals surface area contributed by atoms with Crippen LogP contribution in [-0.2, 0) is 4.79 Å². The number of anilines is 1. The number of hydrogen-bond donors (Lipinski definition) is 2. The molecular formula is C12H16F2N2OS. The number of carbonyl (C=O) groups excluding carboxylic acids is 1. The van der Waals surface area contributed by atoms with Crippen molar-refractivity contribution in [2.45, 2.75) is 31.2 Å². The molecule has 6 heteroatoms. The van der Waals surface area contributed by atoms with E-state index in [4.69, 9.17) is 5.73 Å². The Morgan fingerprint density at radius 3 is 2.67 bits per heavy atom. The van der Waals surface area contributed by atoms with Gasteiger partial charge in [-0.1, -0.05) is 0 Å². The minimum absolute atomic E-state index is 0.0408. The van der Waals surface area contributed by atoms with Crippen molar-refractivity contribution < 1.29 is 13.6 Å². The Labute approximate surface area is 109 Å². The first-order valence-corrected chi connectivity index (χ1v) is 6.48. The van der Waals surface area contributed by atoms with Gasteiger partial charge >= 0.3 is 0 Å². The van der Waals surface area contributed by atoms with E-state index in [1.54, 1.807) is 6.07 Å². The van der Waals surface area contributed by atoms with E-state index >= 15 is 0 Å². The Kier molecular flexibility index (Phi) is 5.40. The molecule has 0 saturated carbocycles. The molecule has 0 radical (unpaired) electrons. The molecule has 0 aliphatic heterocycles. The average molecular weight is 274 g/mol. The number of benzene rings is 1. The zero-order chi connectivity index (χ0) is 13.7. The average Bonchev–Trinajstić information content (AvgIpc) is 2.26. The zero-order valence-corrected chi connectivity index (χ0v) is 11.1. The molecule has 1 aromatic carbocycles. The Hall–Kier alpha value is -1.30. The largest absolute Gasteiger partial charge is 0.399 e. The molecule has 0 aromatic heterocycles. The van der Waals surface area contributed by atoms with Crippen LogP contribution >= 0.6 is 11.8 Å². The van der Waals surface area contributed by atoms with Crippen molar-refractivity contribution in [2.24, 2.45) is 0 Å². The van der Waals surface area contributed by atoms with E-state index < -0.39 is 6.43 Å². The number of amides is 1. The Bertz CT molecular complexity index is 425. The maximum absolute atomic E-state index is 12.8. The lowest BCUT2D eigenvalue weighted by atomic mass is 10.2. The predicted molar refractivity (Wildman–Crippen MR) is 69.8 cm³/mol. The van der Waals surface area contributed by atoms with Crippen LogP contribution in [0.2, 0.25) is 0 Å². The van der Waals surface area contributed by atoms with E-state index in [1.165, 1.54) is 12.1 Å². The molecule has 1 aromatic rings. The summed E-state index contributed by atoms with van der Waals surface area (Å²) in [5.41, 5.74) is 5.63. The van der Waals surface area contributed by atoms with Gasteiger partial charge in [0.05, 0.1) is 5.75 Å². The maximum atomic E-state index is 12.8. The summed E-state index contributed by atoms with van der Waals surface area (Å²) in [6.07, 6.45) is -2.59. The standard InChI is InChI=1S/C12H16F2N2OS/c1-7(2)16-11(17)6-18-10-4-3-8(15)5-9(10)12(13)14/h3-5,7,12H,6,15H2,1-2H3,(H,16,17). The van der Waals surface area contributed by atoms with Crippen LogP contribution in [0.3, 0.4) is 0 Å². The second kappa shape index (κ2) is 6.58. The molecule has 0 fully saturated rings. The van der Waals surface area contributed by atoms with Crippen LogP contribution in [0.4, 0.5) is 14.5 Å². The summed E-state index contributed by atoms with van der Waals surface area (Å²) in [6.45, 7) is 3.69. The van der Waals surface area contributed by atoms with Crippen molar-refractivity contribution in [1.82, 2.24) is 5.32 Å². The normalized spacial score (nSPS) is 11.0. The van der Waals surface area contributed by atoms with E-state index in [1.807, 2.05) is 13.8 Å². The molecule has 1 rings (SSSR count). The van der Waals surface area contributed by atoms with E-state index in [0.29, 0.717) is 10.6 Å². The molecule has 0 spiro atoms. The van der Waals surface area contributed by atoms with Gasteiger partial charge in [0.25, 0.3) is 6.43 Å². The third-order valence-electron chi connectivity index (χ3n) is 2.08. The van der Waals surface area contributed by atoms with Gasteiger partial charge in [-0.2, -0.15) is 0 Å². The third-order valence-corrected chi connectivity index (χ3v) is 3.17. The van der Waals surface area contributed by atoms with Gasteiger partial charge in [-0.25, -0.2) is 8.78 Å². The number of nitrogens with two attached hydrogens (primary N) is 1. The summed E-state index contributed by atoms with van der Waals surface area (Å²) in [7, 11) is 0.